The van der Waals surface area contributed by atoms with E-state index in [0.717, 1.165) is 70.6 Å². The van der Waals surface area contributed by atoms with Crippen molar-refractivity contribution in [2.45, 2.75) is 135 Å². The molecule has 1 amide bonds. The Hall–Kier alpha value is -1.18. The third kappa shape index (κ3) is 22.6. The number of carbonyl (C=O) groups is 1. The maximum atomic E-state index is 12.3. The summed E-state index contributed by atoms with van der Waals surface area (Å²) >= 11 is 0. The first-order valence-corrected chi connectivity index (χ1v) is 15.1. The van der Waals surface area contributed by atoms with Crippen molar-refractivity contribution in [3.63, 3.8) is 0 Å². The zero-order chi connectivity index (χ0) is 25.5. The van der Waals surface area contributed by atoms with Crippen LogP contribution in [-0.4, -0.2) is 41.9 Å². The van der Waals surface area contributed by atoms with Crippen LogP contribution in [0.3, 0.4) is 0 Å². The van der Waals surface area contributed by atoms with E-state index >= 15 is 0 Å². The Morgan fingerprint density at radius 1 is 0.765 bits per heavy atom. The van der Waals surface area contributed by atoms with E-state index in [0.29, 0.717) is 0 Å². The third-order valence-electron chi connectivity index (χ3n) is 5.87. The van der Waals surface area contributed by atoms with Crippen LogP contribution in [0, 0.1) is 0 Å². The van der Waals surface area contributed by atoms with E-state index in [2.05, 4.69) is 31.3 Å². The zero-order valence-electron chi connectivity index (χ0n) is 21.7. The number of hydrogen-bond acceptors (Lipinski definition) is 4. The van der Waals surface area contributed by atoms with Crippen molar-refractivity contribution in [3.05, 3.63) is 24.3 Å². The first-order chi connectivity index (χ1) is 16.3. The topological polar surface area (TPSA) is 104 Å². The largest absolute Gasteiger partial charge is 0.387 e. The van der Waals surface area contributed by atoms with E-state index in [4.69, 9.17) is 0 Å². The molecule has 0 heterocycles. The minimum atomic E-state index is -4.32. The second kappa shape index (κ2) is 22.3. The standard InChI is InChI=1S/C27H51NO5S/c1-3-5-7-9-11-12-13-14-15-16-17-19-21-23-27(30)28-25(24-34(31,32)33)26(29)22-20-18-10-8-6-4-2/h12-13,20,22,25-26,29H,3-11,14-19,21,23-24H2,1-2H3,(H,28,30)(H,31,32,33)/b13-12-,22-20+. The summed E-state index contributed by atoms with van der Waals surface area (Å²) in [6.07, 6.45) is 24.7. The molecule has 200 valence electrons. The predicted octanol–water partition coefficient (Wildman–Crippen LogP) is 6.50. The monoisotopic (exact) mass is 501 g/mol. The zero-order valence-corrected chi connectivity index (χ0v) is 22.5. The van der Waals surface area contributed by atoms with Crippen molar-refractivity contribution in [2.75, 3.05) is 5.75 Å². The van der Waals surface area contributed by atoms with Crippen LogP contribution in [0.4, 0.5) is 0 Å². The summed E-state index contributed by atoms with van der Waals surface area (Å²) in [6, 6.07) is -1.05. The summed E-state index contributed by atoms with van der Waals surface area (Å²) in [7, 11) is -4.32. The van der Waals surface area contributed by atoms with Crippen LogP contribution in [0.1, 0.15) is 123 Å². The number of rotatable bonds is 23. The van der Waals surface area contributed by atoms with E-state index in [1.807, 2.05) is 6.08 Å². The minimum Gasteiger partial charge on any atom is -0.387 e. The van der Waals surface area contributed by atoms with Gasteiger partial charge >= 0.3 is 0 Å². The van der Waals surface area contributed by atoms with Crippen molar-refractivity contribution in [1.29, 1.82) is 0 Å². The summed E-state index contributed by atoms with van der Waals surface area (Å²) < 4.78 is 31.8. The first-order valence-electron chi connectivity index (χ1n) is 13.5. The van der Waals surface area contributed by atoms with Crippen LogP contribution in [0.15, 0.2) is 24.3 Å². The number of aliphatic hydroxyl groups is 1. The predicted molar refractivity (Wildman–Crippen MR) is 142 cm³/mol. The number of unbranched alkanes of at least 4 members (excludes halogenated alkanes) is 13. The van der Waals surface area contributed by atoms with Gasteiger partial charge in [0.2, 0.25) is 5.91 Å². The fourth-order valence-corrected chi connectivity index (χ4v) is 4.53. The molecule has 34 heavy (non-hydrogen) atoms. The Bertz CT molecular complexity index is 645. The van der Waals surface area contributed by atoms with Gasteiger partial charge in [0.15, 0.2) is 0 Å². The fourth-order valence-electron chi connectivity index (χ4n) is 3.79. The molecular formula is C27H51NO5S. The number of aliphatic hydroxyl groups excluding tert-OH is 1. The molecule has 0 bridgehead atoms. The Morgan fingerprint density at radius 2 is 1.24 bits per heavy atom. The molecule has 0 fully saturated rings. The highest BCUT2D eigenvalue weighted by Gasteiger charge is 2.24. The highest BCUT2D eigenvalue weighted by Crippen LogP contribution is 2.10. The molecular weight excluding hydrogens is 450 g/mol. The average Bonchev–Trinajstić information content (AvgIpc) is 2.77. The van der Waals surface area contributed by atoms with E-state index in [1.165, 1.54) is 38.2 Å². The van der Waals surface area contributed by atoms with Crippen LogP contribution in [0.5, 0.6) is 0 Å². The Labute approximate surface area is 209 Å². The van der Waals surface area contributed by atoms with Gasteiger partial charge in [0.05, 0.1) is 17.9 Å². The molecule has 0 aromatic carbocycles. The van der Waals surface area contributed by atoms with Gasteiger partial charge in [0.25, 0.3) is 10.1 Å². The number of nitrogens with one attached hydrogen (secondary N) is 1. The maximum absolute atomic E-state index is 12.3. The summed E-state index contributed by atoms with van der Waals surface area (Å²) in [4.78, 5) is 12.3. The first kappa shape index (κ1) is 32.8. The van der Waals surface area contributed by atoms with Crippen LogP contribution < -0.4 is 5.32 Å². The molecule has 0 aliphatic carbocycles. The summed E-state index contributed by atoms with van der Waals surface area (Å²) in [5, 5.41) is 12.9. The highest BCUT2D eigenvalue weighted by atomic mass is 32.2. The number of carbonyl (C=O) groups excluding carboxylic acids is 1. The van der Waals surface area contributed by atoms with Gasteiger partial charge < -0.3 is 10.4 Å². The molecule has 6 nitrogen and oxygen atoms in total. The Balaban J connectivity index is 4.10. The van der Waals surface area contributed by atoms with Crippen LogP contribution in [-0.2, 0) is 14.9 Å². The molecule has 7 heteroatoms. The Kier molecular flexibility index (Phi) is 21.5. The molecule has 0 radical (unpaired) electrons. The number of allylic oxidation sites excluding steroid dienone is 3. The molecule has 3 N–H and O–H groups in total. The van der Waals surface area contributed by atoms with E-state index in [1.54, 1.807) is 0 Å². The average molecular weight is 502 g/mol. The lowest BCUT2D eigenvalue weighted by Crippen LogP contribution is -2.46. The van der Waals surface area contributed by atoms with Gasteiger partial charge in [-0.05, 0) is 44.9 Å². The lowest BCUT2D eigenvalue weighted by Gasteiger charge is -2.21. The normalized spacial score (nSPS) is 14.1. The molecule has 0 aromatic heterocycles. The van der Waals surface area contributed by atoms with Gasteiger partial charge in [0.1, 0.15) is 0 Å². The molecule has 0 saturated heterocycles. The van der Waals surface area contributed by atoms with Crippen molar-refractivity contribution in [2.24, 2.45) is 0 Å². The maximum Gasteiger partial charge on any atom is 0.267 e. The second-order valence-corrected chi connectivity index (χ2v) is 10.8. The second-order valence-electron chi connectivity index (χ2n) is 9.32. The molecule has 0 saturated carbocycles. The smallest absolute Gasteiger partial charge is 0.267 e. The van der Waals surface area contributed by atoms with Gasteiger partial charge in [-0.2, -0.15) is 8.42 Å². The minimum absolute atomic E-state index is 0.285. The molecule has 2 atom stereocenters. The van der Waals surface area contributed by atoms with Gasteiger partial charge in [-0.25, -0.2) is 0 Å². The molecule has 0 aliphatic heterocycles. The number of amides is 1. The molecule has 2 unspecified atom stereocenters. The third-order valence-corrected chi connectivity index (χ3v) is 6.65. The quantitative estimate of drug-likeness (QED) is 0.0842. The lowest BCUT2D eigenvalue weighted by atomic mass is 10.1. The summed E-state index contributed by atoms with van der Waals surface area (Å²) in [5.74, 6) is -0.998. The van der Waals surface area contributed by atoms with Crippen LogP contribution in [0.2, 0.25) is 0 Å². The van der Waals surface area contributed by atoms with Crippen molar-refractivity contribution in [3.8, 4) is 0 Å². The number of hydrogen-bond donors (Lipinski definition) is 3. The highest BCUT2D eigenvalue weighted by molar-refractivity contribution is 7.85. The van der Waals surface area contributed by atoms with Crippen molar-refractivity contribution >= 4 is 16.0 Å². The molecule has 0 aromatic rings. The summed E-state index contributed by atoms with van der Waals surface area (Å²) in [5.41, 5.74) is 0. The van der Waals surface area contributed by atoms with Crippen LogP contribution >= 0.6 is 0 Å². The molecule has 0 rings (SSSR count). The Morgan fingerprint density at radius 3 is 1.76 bits per heavy atom. The van der Waals surface area contributed by atoms with Gasteiger partial charge in [-0.3, -0.25) is 9.35 Å². The van der Waals surface area contributed by atoms with Gasteiger partial charge in [-0.15, -0.1) is 0 Å². The van der Waals surface area contributed by atoms with Gasteiger partial charge in [-0.1, -0.05) is 95.9 Å². The summed E-state index contributed by atoms with van der Waals surface area (Å²) in [6.45, 7) is 4.36. The van der Waals surface area contributed by atoms with E-state index in [9.17, 15) is 22.9 Å². The molecule has 0 aliphatic rings. The fraction of sp³-hybridized carbons (Fsp3) is 0.815. The van der Waals surface area contributed by atoms with Crippen LogP contribution in [0.25, 0.3) is 0 Å². The van der Waals surface area contributed by atoms with Crippen molar-refractivity contribution in [1.82, 2.24) is 5.32 Å². The SMILES string of the molecule is CCCCCC/C=C\CCCCCCCC(=O)NC(CS(=O)(=O)O)C(O)/C=C/CCCCCC. The van der Waals surface area contributed by atoms with E-state index < -0.39 is 28.0 Å². The van der Waals surface area contributed by atoms with Crippen molar-refractivity contribution < 1.29 is 22.9 Å². The van der Waals surface area contributed by atoms with E-state index in [-0.39, 0.29) is 12.3 Å². The molecule has 0 spiro atoms. The van der Waals surface area contributed by atoms with Gasteiger partial charge in [0, 0.05) is 6.42 Å². The lowest BCUT2D eigenvalue weighted by molar-refractivity contribution is -0.122.